The minimum atomic E-state index is -0.754. The molecular weight excluding hydrogens is 397 g/mol. The van der Waals surface area contributed by atoms with E-state index in [2.05, 4.69) is 14.9 Å². The largest absolute Gasteiger partial charge is 0.481 e. The number of benzene rings is 2. The molecule has 2 heterocycles. The molecule has 1 atom stereocenters. The molecule has 1 fully saturated rings. The van der Waals surface area contributed by atoms with E-state index in [9.17, 15) is 4.79 Å². The Bertz CT molecular complexity index is 1040. The Labute approximate surface area is 172 Å². The van der Waals surface area contributed by atoms with Gasteiger partial charge in [-0.25, -0.2) is 9.97 Å². The summed E-state index contributed by atoms with van der Waals surface area (Å²) in [7, 11) is 0. The Balaban J connectivity index is 1.81. The fraction of sp³-hybridized carbons (Fsp3) is 0.286. The van der Waals surface area contributed by atoms with Gasteiger partial charge in [-0.05, 0) is 48.1 Å². The molecule has 1 aromatic heterocycles. The van der Waals surface area contributed by atoms with Crippen molar-refractivity contribution >= 4 is 45.9 Å². The second kappa shape index (κ2) is 7.94. The van der Waals surface area contributed by atoms with Crippen LogP contribution in [0.1, 0.15) is 19.3 Å². The number of piperidine rings is 1. The minimum absolute atomic E-state index is 0.119. The van der Waals surface area contributed by atoms with Crippen LogP contribution < -0.4 is 4.90 Å². The smallest absolute Gasteiger partial charge is 0.303 e. The van der Waals surface area contributed by atoms with Crippen LogP contribution in [0.3, 0.4) is 0 Å². The summed E-state index contributed by atoms with van der Waals surface area (Å²) in [6.07, 6.45) is 3.61. The summed E-state index contributed by atoms with van der Waals surface area (Å²) in [6.45, 7) is 1.52. The van der Waals surface area contributed by atoms with Crippen molar-refractivity contribution in [3.63, 3.8) is 0 Å². The molecule has 4 rings (SSSR count). The van der Waals surface area contributed by atoms with E-state index in [-0.39, 0.29) is 12.3 Å². The Morgan fingerprint density at radius 1 is 1.18 bits per heavy atom. The molecule has 5 nitrogen and oxygen atoms in total. The van der Waals surface area contributed by atoms with Gasteiger partial charge >= 0.3 is 5.97 Å². The molecule has 1 saturated heterocycles. The van der Waals surface area contributed by atoms with Crippen molar-refractivity contribution in [3.05, 3.63) is 52.8 Å². The fourth-order valence-corrected chi connectivity index (χ4v) is 4.21. The number of carboxylic acids is 1. The van der Waals surface area contributed by atoms with E-state index in [4.69, 9.17) is 28.3 Å². The topological polar surface area (TPSA) is 66.3 Å². The monoisotopic (exact) mass is 415 g/mol. The van der Waals surface area contributed by atoms with Crippen molar-refractivity contribution in [3.8, 4) is 11.1 Å². The average Bonchev–Trinajstić information content (AvgIpc) is 2.69. The zero-order chi connectivity index (χ0) is 19.7. The number of nitrogens with zero attached hydrogens (tertiary/aromatic N) is 3. The third kappa shape index (κ3) is 3.77. The summed E-state index contributed by atoms with van der Waals surface area (Å²) >= 11 is 12.3. The number of rotatable bonds is 4. The molecule has 144 valence electrons. The van der Waals surface area contributed by atoms with E-state index in [1.54, 1.807) is 12.4 Å². The zero-order valence-electron chi connectivity index (χ0n) is 15.1. The lowest BCUT2D eigenvalue weighted by molar-refractivity contribution is -0.138. The zero-order valence-corrected chi connectivity index (χ0v) is 16.6. The molecule has 2 aromatic carbocycles. The second-order valence-electron chi connectivity index (χ2n) is 7.08. The average molecular weight is 416 g/mol. The molecule has 0 bridgehead atoms. The highest BCUT2D eigenvalue weighted by molar-refractivity contribution is 6.42. The molecule has 1 N–H and O–H groups in total. The van der Waals surface area contributed by atoms with Crippen LogP contribution in [0.4, 0.5) is 5.82 Å². The number of fused-ring (bicyclic) bond motifs is 1. The van der Waals surface area contributed by atoms with Gasteiger partial charge in [0.25, 0.3) is 0 Å². The Hall–Kier alpha value is -2.37. The van der Waals surface area contributed by atoms with Crippen LogP contribution in [0.15, 0.2) is 42.7 Å². The van der Waals surface area contributed by atoms with Crippen molar-refractivity contribution in [1.82, 2.24) is 9.97 Å². The summed E-state index contributed by atoms with van der Waals surface area (Å²) in [6, 6.07) is 11.5. The lowest BCUT2D eigenvalue weighted by Crippen LogP contribution is -2.37. The van der Waals surface area contributed by atoms with Gasteiger partial charge in [0, 0.05) is 19.5 Å². The van der Waals surface area contributed by atoms with Crippen LogP contribution in [0.25, 0.3) is 22.0 Å². The Morgan fingerprint density at radius 2 is 2.04 bits per heavy atom. The van der Waals surface area contributed by atoms with Crippen molar-refractivity contribution in [2.24, 2.45) is 5.92 Å². The molecule has 7 heteroatoms. The quantitative estimate of drug-likeness (QED) is 0.626. The number of aromatic nitrogens is 2. The van der Waals surface area contributed by atoms with Gasteiger partial charge in [-0.2, -0.15) is 0 Å². The predicted molar refractivity (Wildman–Crippen MR) is 112 cm³/mol. The molecule has 0 spiro atoms. The van der Waals surface area contributed by atoms with Crippen LogP contribution in [0.5, 0.6) is 0 Å². The van der Waals surface area contributed by atoms with E-state index in [0.717, 1.165) is 47.2 Å². The maximum atomic E-state index is 11.2. The number of aliphatic carboxylic acids is 1. The van der Waals surface area contributed by atoms with Crippen LogP contribution in [-0.4, -0.2) is 34.1 Å². The van der Waals surface area contributed by atoms with Gasteiger partial charge in [0.05, 0.1) is 20.9 Å². The summed E-state index contributed by atoms with van der Waals surface area (Å²) in [4.78, 5) is 22.4. The highest BCUT2D eigenvalue weighted by Crippen LogP contribution is 2.37. The predicted octanol–water partition coefficient (Wildman–Crippen LogP) is 5.29. The standard InChI is InChI=1S/C21H19Cl2N3O2/c22-16-7-6-14(10-17(16)23)15-4-1-5-18-20(15)21(25-12-24-18)26-8-2-3-13(11-26)9-19(27)28/h1,4-7,10,12-13H,2-3,8-9,11H2,(H,27,28)/t13-/m0/s1. The molecule has 1 aliphatic rings. The van der Waals surface area contributed by atoms with Gasteiger partial charge < -0.3 is 10.0 Å². The van der Waals surface area contributed by atoms with E-state index in [0.29, 0.717) is 16.6 Å². The molecule has 0 radical (unpaired) electrons. The summed E-state index contributed by atoms with van der Waals surface area (Å²) < 4.78 is 0. The minimum Gasteiger partial charge on any atom is -0.481 e. The molecule has 0 amide bonds. The molecule has 0 aliphatic carbocycles. The first-order valence-corrected chi connectivity index (χ1v) is 9.94. The summed E-state index contributed by atoms with van der Waals surface area (Å²) in [5, 5.41) is 11.1. The third-order valence-electron chi connectivity index (χ3n) is 5.16. The molecule has 3 aromatic rings. The first-order valence-electron chi connectivity index (χ1n) is 9.19. The maximum absolute atomic E-state index is 11.2. The molecule has 0 saturated carbocycles. The SMILES string of the molecule is O=C(O)C[C@@H]1CCCN(c2ncnc3cccc(-c4ccc(Cl)c(Cl)c4)c23)C1. The molecule has 28 heavy (non-hydrogen) atoms. The highest BCUT2D eigenvalue weighted by atomic mass is 35.5. The normalized spacial score (nSPS) is 17.1. The fourth-order valence-electron chi connectivity index (χ4n) is 3.91. The lowest BCUT2D eigenvalue weighted by atomic mass is 9.94. The van der Waals surface area contributed by atoms with Gasteiger partial charge in [-0.3, -0.25) is 4.79 Å². The van der Waals surface area contributed by atoms with E-state index < -0.39 is 5.97 Å². The van der Waals surface area contributed by atoms with E-state index in [1.165, 1.54) is 0 Å². The van der Waals surface area contributed by atoms with Crippen molar-refractivity contribution in [1.29, 1.82) is 0 Å². The van der Waals surface area contributed by atoms with Gasteiger partial charge in [0.2, 0.25) is 0 Å². The second-order valence-corrected chi connectivity index (χ2v) is 7.89. The summed E-state index contributed by atoms with van der Waals surface area (Å²) in [5.41, 5.74) is 2.76. The van der Waals surface area contributed by atoms with Gasteiger partial charge in [0.15, 0.2) is 0 Å². The number of carbonyl (C=O) groups is 1. The lowest BCUT2D eigenvalue weighted by Gasteiger charge is -2.33. The van der Waals surface area contributed by atoms with Crippen molar-refractivity contribution in [2.45, 2.75) is 19.3 Å². The van der Waals surface area contributed by atoms with Crippen LogP contribution >= 0.6 is 23.2 Å². The number of carboxylic acid groups (broad SMARTS) is 1. The van der Waals surface area contributed by atoms with E-state index >= 15 is 0 Å². The summed E-state index contributed by atoms with van der Waals surface area (Å²) in [5.74, 6) is 0.200. The van der Waals surface area contributed by atoms with E-state index in [1.807, 2.05) is 30.3 Å². The van der Waals surface area contributed by atoms with Crippen molar-refractivity contribution in [2.75, 3.05) is 18.0 Å². The Kier molecular flexibility index (Phi) is 5.38. The Morgan fingerprint density at radius 3 is 2.82 bits per heavy atom. The highest BCUT2D eigenvalue weighted by Gasteiger charge is 2.25. The van der Waals surface area contributed by atoms with Crippen LogP contribution in [0.2, 0.25) is 10.0 Å². The third-order valence-corrected chi connectivity index (χ3v) is 5.89. The first-order chi connectivity index (χ1) is 13.5. The van der Waals surface area contributed by atoms with Gasteiger partial charge in [-0.15, -0.1) is 0 Å². The van der Waals surface area contributed by atoms with Crippen LogP contribution in [0, 0.1) is 5.92 Å². The number of hydrogen-bond acceptors (Lipinski definition) is 4. The maximum Gasteiger partial charge on any atom is 0.303 e. The first kappa shape index (κ1) is 19.0. The number of anilines is 1. The number of hydrogen-bond donors (Lipinski definition) is 1. The van der Waals surface area contributed by atoms with Gasteiger partial charge in [0.1, 0.15) is 12.1 Å². The van der Waals surface area contributed by atoms with Gasteiger partial charge in [-0.1, -0.05) is 41.4 Å². The molecule has 0 unspecified atom stereocenters. The molecular formula is C21H19Cl2N3O2. The molecule has 1 aliphatic heterocycles. The van der Waals surface area contributed by atoms with Crippen molar-refractivity contribution < 1.29 is 9.90 Å². The van der Waals surface area contributed by atoms with Crippen LogP contribution in [-0.2, 0) is 4.79 Å². The number of halogens is 2.